The minimum Gasteiger partial charge on any atom is -0.481 e. The number of rotatable bonds is 11. The average Bonchev–Trinajstić information content (AvgIpc) is 3.07. The van der Waals surface area contributed by atoms with Crippen molar-refractivity contribution in [1.82, 2.24) is 16.0 Å². The molecule has 0 aliphatic carbocycles. The second kappa shape index (κ2) is 10.6. The topological polar surface area (TPSA) is 171 Å². The van der Waals surface area contributed by atoms with E-state index < -0.39 is 36.4 Å². The lowest BCUT2D eigenvalue weighted by Crippen LogP contribution is -2.54. The Morgan fingerprint density at radius 2 is 1.84 bits per heavy atom. The average molecular weight is 358 g/mol. The monoisotopic (exact) mass is 358 g/mol. The Balaban J connectivity index is 2.70. The molecule has 1 aliphatic heterocycles. The van der Waals surface area contributed by atoms with Crippen molar-refractivity contribution in [1.29, 1.82) is 0 Å². The van der Waals surface area contributed by atoms with Gasteiger partial charge < -0.3 is 31.9 Å². The summed E-state index contributed by atoms with van der Waals surface area (Å²) < 4.78 is 0. The van der Waals surface area contributed by atoms with Gasteiger partial charge in [0.2, 0.25) is 11.8 Å². The first-order valence-electron chi connectivity index (χ1n) is 8.34. The predicted octanol–water partition coefficient (Wildman–Crippen LogP) is -1.60. The lowest BCUT2D eigenvalue weighted by atomic mass is 10.1. The maximum absolute atomic E-state index is 12.4. The van der Waals surface area contributed by atoms with Crippen LogP contribution in [0.25, 0.3) is 0 Å². The standard InChI is InChI=1S/C15H26N4O6/c16-6-2-1-4-10(18-13(22)9-5-3-7-17-9)14(23)19-11(15(24)25)8-12(20)21/h9-11,17H,1-8,16H2,(H,18,22)(H,19,23)(H,20,21)(H,24,25)/t9-,10-,11-/m0/s1. The molecule has 2 amide bonds. The molecule has 0 aromatic rings. The lowest BCUT2D eigenvalue weighted by molar-refractivity contribution is -0.147. The molecule has 0 radical (unpaired) electrons. The summed E-state index contributed by atoms with van der Waals surface area (Å²) in [4.78, 5) is 46.4. The lowest BCUT2D eigenvalue weighted by Gasteiger charge is -2.22. The van der Waals surface area contributed by atoms with E-state index in [1.165, 1.54) is 0 Å². The first-order valence-corrected chi connectivity index (χ1v) is 8.34. The van der Waals surface area contributed by atoms with E-state index >= 15 is 0 Å². The molecule has 3 atom stereocenters. The number of aliphatic carboxylic acids is 2. The van der Waals surface area contributed by atoms with Gasteiger partial charge in [-0.25, -0.2) is 4.79 Å². The van der Waals surface area contributed by atoms with Crippen LogP contribution in [-0.2, 0) is 19.2 Å². The number of hydrogen-bond acceptors (Lipinski definition) is 6. The third-order valence-corrected chi connectivity index (χ3v) is 3.95. The van der Waals surface area contributed by atoms with Crippen molar-refractivity contribution in [3.05, 3.63) is 0 Å². The number of carbonyl (C=O) groups is 4. The fourth-order valence-corrected chi connectivity index (χ4v) is 2.59. The van der Waals surface area contributed by atoms with Crippen LogP contribution in [0.4, 0.5) is 0 Å². The quantitative estimate of drug-likeness (QED) is 0.240. The largest absolute Gasteiger partial charge is 0.481 e. The normalized spacial score (nSPS) is 19.0. The van der Waals surface area contributed by atoms with Crippen LogP contribution in [0.15, 0.2) is 0 Å². The van der Waals surface area contributed by atoms with Crippen LogP contribution in [0.1, 0.15) is 38.5 Å². The van der Waals surface area contributed by atoms with Crippen molar-refractivity contribution in [3.8, 4) is 0 Å². The number of amides is 2. The molecule has 7 N–H and O–H groups in total. The molecule has 1 fully saturated rings. The zero-order chi connectivity index (χ0) is 18.8. The van der Waals surface area contributed by atoms with Crippen molar-refractivity contribution in [3.63, 3.8) is 0 Å². The highest BCUT2D eigenvalue weighted by Gasteiger charge is 2.30. The molecule has 1 rings (SSSR count). The van der Waals surface area contributed by atoms with Gasteiger partial charge in [0.1, 0.15) is 12.1 Å². The van der Waals surface area contributed by atoms with E-state index in [1.54, 1.807) is 0 Å². The van der Waals surface area contributed by atoms with E-state index in [9.17, 15) is 19.2 Å². The molecule has 0 aromatic carbocycles. The van der Waals surface area contributed by atoms with Crippen LogP contribution in [0.5, 0.6) is 0 Å². The van der Waals surface area contributed by atoms with Crippen LogP contribution in [-0.4, -0.2) is 65.2 Å². The molecule has 25 heavy (non-hydrogen) atoms. The third-order valence-electron chi connectivity index (χ3n) is 3.95. The summed E-state index contributed by atoms with van der Waals surface area (Å²) in [6.45, 7) is 1.16. The number of carboxylic acids is 2. The van der Waals surface area contributed by atoms with Gasteiger partial charge in [-0.1, -0.05) is 0 Å². The van der Waals surface area contributed by atoms with Crippen molar-refractivity contribution in [2.75, 3.05) is 13.1 Å². The highest BCUT2D eigenvalue weighted by molar-refractivity contribution is 5.92. The van der Waals surface area contributed by atoms with Gasteiger partial charge >= 0.3 is 11.9 Å². The summed E-state index contributed by atoms with van der Waals surface area (Å²) in [7, 11) is 0. The number of nitrogens with one attached hydrogen (secondary N) is 3. The van der Waals surface area contributed by atoms with Gasteiger partial charge in [-0.2, -0.15) is 0 Å². The number of hydrogen-bond donors (Lipinski definition) is 6. The molecule has 142 valence electrons. The number of carboxylic acid groups (broad SMARTS) is 2. The van der Waals surface area contributed by atoms with Crippen molar-refractivity contribution >= 4 is 23.8 Å². The van der Waals surface area contributed by atoms with Gasteiger partial charge in [0.15, 0.2) is 0 Å². The first kappa shape index (κ1) is 20.8. The van der Waals surface area contributed by atoms with E-state index in [4.69, 9.17) is 15.9 Å². The van der Waals surface area contributed by atoms with Crippen LogP contribution in [0, 0.1) is 0 Å². The molecule has 10 heteroatoms. The Morgan fingerprint density at radius 3 is 2.36 bits per heavy atom. The minimum absolute atomic E-state index is 0.293. The Morgan fingerprint density at radius 1 is 1.12 bits per heavy atom. The smallest absolute Gasteiger partial charge is 0.326 e. The zero-order valence-corrected chi connectivity index (χ0v) is 14.0. The number of carbonyl (C=O) groups excluding carboxylic acids is 2. The predicted molar refractivity (Wildman–Crippen MR) is 87.7 cm³/mol. The third kappa shape index (κ3) is 7.48. The number of unbranched alkanes of at least 4 members (excludes halogenated alkanes) is 1. The second-order valence-electron chi connectivity index (χ2n) is 5.99. The first-order chi connectivity index (χ1) is 11.8. The van der Waals surface area contributed by atoms with Gasteiger partial charge in [-0.05, 0) is 45.2 Å². The van der Waals surface area contributed by atoms with Crippen LogP contribution in [0.2, 0.25) is 0 Å². The molecule has 0 spiro atoms. The summed E-state index contributed by atoms with van der Waals surface area (Å²) in [5.74, 6) is -3.82. The Hall–Kier alpha value is -2.20. The molecule has 10 nitrogen and oxygen atoms in total. The molecule has 0 saturated carbocycles. The van der Waals surface area contributed by atoms with E-state index in [2.05, 4.69) is 16.0 Å². The summed E-state index contributed by atoms with van der Waals surface area (Å²) >= 11 is 0. The van der Waals surface area contributed by atoms with Crippen LogP contribution < -0.4 is 21.7 Å². The fourth-order valence-electron chi connectivity index (χ4n) is 2.59. The van der Waals surface area contributed by atoms with Gasteiger partial charge in [-0.15, -0.1) is 0 Å². The molecule has 1 aliphatic rings. The highest BCUT2D eigenvalue weighted by Crippen LogP contribution is 2.08. The maximum atomic E-state index is 12.4. The minimum atomic E-state index is -1.55. The Labute approximate surface area is 145 Å². The molecule has 0 bridgehead atoms. The molecule has 0 unspecified atom stereocenters. The van der Waals surface area contributed by atoms with E-state index in [-0.39, 0.29) is 11.9 Å². The summed E-state index contributed by atoms with van der Waals surface area (Å²) in [6, 6.07) is -2.86. The fraction of sp³-hybridized carbons (Fsp3) is 0.733. The Kier molecular flexibility index (Phi) is 8.86. The van der Waals surface area contributed by atoms with Crippen molar-refractivity contribution in [2.45, 2.75) is 56.7 Å². The molecule has 1 saturated heterocycles. The van der Waals surface area contributed by atoms with E-state index in [0.29, 0.717) is 32.2 Å². The summed E-state index contributed by atoms with van der Waals surface area (Å²) in [6.07, 6.45) is 2.31. The van der Waals surface area contributed by atoms with E-state index in [0.717, 1.165) is 13.0 Å². The van der Waals surface area contributed by atoms with Crippen molar-refractivity contribution in [2.24, 2.45) is 5.73 Å². The van der Waals surface area contributed by atoms with Crippen LogP contribution in [0.3, 0.4) is 0 Å². The zero-order valence-electron chi connectivity index (χ0n) is 14.0. The summed E-state index contributed by atoms with van der Waals surface area (Å²) in [5, 5.41) is 25.6. The molecular formula is C15H26N4O6. The van der Waals surface area contributed by atoms with E-state index in [1.807, 2.05) is 0 Å². The van der Waals surface area contributed by atoms with Gasteiger partial charge in [0.05, 0.1) is 12.5 Å². The molecular weight excluding hydrogens is 332 g/mol. The van der Waals surface area contributed by atoms with Crippen molar-refractivity contribution < 1.29 is 29.4 Å². The van der Waals surface area contributed by atoms with Crippen LogP contribution >= 0.6 is 0 Å². The summed E-state index contributed by atoms with van der Waals surface area (Å²) in [5.41, 5.74) is 5.43. The SMILES string of the molecule is NCCCC[C@H](NC(=O)[C@@H]1CCCN1)C(=O)N[C@@H](CC(=O)O)C(=O)O. The molecule has 0 aromatic heterocycles. The van der Waals surface area contributed by atoms with Gasteiger partial charge in [-0.3, -0.25) is 14.4 Å². The van der Waals surface area contributed by atoms with Gasteiger partial charge in [0, 0.05) is 0 Å². The molecule has 1 heterocycles. The Bertz CT molecular complexity index is 492. The maximum Gasteiger partial charge on any atom is 0.326 e. The highest BCUT2D eigenvalue weighted by atomic mass is 16.4. The second-order valence-corrected chi connectivity index (χ2v) is 5.99. The van der Waals surface area contributed by atoms with Gasteiger partial charge in [0.25, 0.3) is 0 Å². The number of nitrogens with two attached hydrogens (primary N) is 1.